The number of halogens is 4. The van der Waals surface area contributed by atoms with E-state index in [4.69, 9.17) is 4.74 Å². The monoisotopic (exact) mass is 561 g/mol. The molecule has 5 heterocycles. The molecule has 1 aliphatic rings. The number of ether oxygens (including phenoxy) is 1. The van der Waals surface area contributed by atoms with E-state index in [0.29, 0.717) is 17.8 Å². The summed E-state index contributed by atoms with van der Waals surface area (Å²) in [5, 5.41) is 48.0. The Morgan fingerprint density at radius 1 is 1.00 bits per heavy atom. The number of hydrogen-bond acceptors (Lipinski definition) is 10. The fourth-order valence-electron chi connectivity index (χ4n) is 4.63. The Bertz CT molecular complexity index is 1700. The van der Waals surface area contributed by atoms with Crippen LogP contribution in [-0.4, -0.2) is 84.6 Å². The van der Waals surface area contributed by atoms with E-state index in [9.17, 15) is 28.5 Å². The van der Waals surface area contributed by atoms with E-state index in [2.05, 4.69) is 30.5 Å². The molecule has 0 radical (unpaired) electrons. The molecule has 0 amide bonds. The molecular formula is C23H19F4N9O4. The molecule has 0 saturated carbocycles. The summed E-state index contributed by atoms with van der Waals surface area (Å²) in [5.41, 5.74) is 0.0484. The number of rotatable bonds is 5. The quantitative estimate of drug-likeness (QED) is 0.207. The van der Waals surface area contributed by atoms with Crippen molar-refractivity contribution in [2.24, 2.45) is 0 Å². The average Bonchev–Trinajstić information content (AvgIpc) is 3.67. The number of aliphatic hydroxyl groups is 3. The third-order valence-electron chi connectivity index (χ3n) is 6.50. The van der Waals surface area contributed by atoms with Crippen molar-refractivity contribution in [3.05, 3.63) is 71.7 Å². The van der Waals surface area contributed by atoms with Crippen molar-refractivity contribution in [2.45, 2.75) is 37.4 Å². The van der Waals surface area contributed by atoms with Crippen LogP contribution in [0.1, 0.15) is 23.8 Å². The van der Waals surface area contributed by atoms with E-state index in [1.807, 2.05) is 0 Å². The van der Waals surface area contributed by atoms with Gasteiger partial charge >= 0.3 is 0 Å². The highest BCUT2D eigenvalue weighted by Gasteiger charge is 2.48. The predicted octanol–water partition coefficient (Wildman–Crippen LogP) is 0.829. The van der Waals surface area contributed by atoms with Crippen molar-refractivity contribution in [1.29, 1.82) is 0 Å². The first-order valence-corrected chi connectivity index (χ1v) is 11.8. The molecule has 40 heavy (non-hydrogen) atoms. The Labute approximate surface area is 220 Å². The minimum Gasteiger partial charge on any atom is -0.394 e. The molecule has 0 unspecified atom stereocenters. The van der Waals surface area contributed by atoms with Crippen molar-refractivity contribution >= 4 is 5.65 Å². The highest BCUT2D eigenvalue weighted by molar-refractivity contribution is 5.58. The van der Waals surface area contributed by atoms with Gasteiger partial charge in [0.1, 0.15) is 42.0 Å². The maximum Gasteiger partial charge on any atom is 0.195 e. The standard InChI is InChI=1S/C23H19F4N9O4/c1-9-29-23(36(32-9)22-13(26)6-34-16(30-22)2-3-28-34)21-20(39)18(19(38)15(8-37)40-21)35-7-14(31-33-35)10-4-11(24)17(27)12(25)5-10/h2-7,15,18-21,37-39H,8H2,1H3/t15-,18+,19+,20-,21-/m1/s1. The third-order valence-corrected chi connectivity index (χ3v) is 6.50. The summed E-state index contributed by atoms with van der Waals surface area (Å²) in [5.74, 6) is -5.56. The maximum atomic E-state index is 15.0. The summed E-state index contributed by atoms with van der Waals surface area (Å²) in [7, 11) is 0. The average molecular weight is 561 g/mol. The van der Waals surface area contributed by atoms with Crippen LogP contribution in [0.2, 0.25) is 0 Å². The summed E-state index contributed by atoms with van der Waals surface area (Å²) >= 11 is 0. The Morgan fingerprint density at radius 3 is 2.48 bits per heavy atom. The lowest BCUT2D eigenvalue weighted by Crippen LogP contribution is -2.53. The molecule has 5 atom stereocenters. The molecule has 1 fully saturated rings. The number of aromatic nitrogens is 9. The number of nitrogens with zero attached hydrogens (tertiary/aromatic N) is 9. The molecule has 13 nitrogen and oxygen atoms in total. The van der Waals surface area contributed by atoms with Crippen LogP contribution < -0.4 is 0 Å². The molecule has 1 aromatic carbocycles. The van der Waals surface area contributed by atoms with Gasteiger partial charge in [0.2, 0.25) is 0 Å². The van der Waals surface area contributed by atoms with Crippen molar-refractivity contribution in [3.8, 4) is 17.1 Å². The van der Waals surface area contributed by atoms with Gasteiger partial charge < -0.3 is 20.1 Å². The molecule has 6 rings (SSSR count). The zero-order chi connectivity index (χ0) is 28.3. The lowest BCUT2D eigenvalue weighted by atomic mass is 9.92. The predicted molar refractivity (Wildman–Crippen MR) is 124 cm³/mol. The molecule has 0 aliphatic carbocycles. The van der Waals surface area contributed by atoms with Crippen LogP contribution in [0.3, 0.4) is 0 Å². The number of hydrogen-bond donors (Lipinski definition) is 3. The molecule has 0 spiro atoms. The largest absolute Gasteiger partial charge is 0.394 e. The van der Waals surface area contributed by atoms with Gasteiger partial charge in [0, 0.05) is 11.6 Å². The van der Waals surface area contributed by atoms with Crippen molar-refractivity contribution in [3.63, 3.8) is 0 Å². The first-order valence-electron chi connectivity index (χ1n) is 11.8. The second-order valence-corrected chi connectivity index (χ2v) is 9.06. The maximum absolute atomic E-state index is 15.0. The van der Waals surface area contributed by atoms with Gasteiger partial charge in [-0.05, 0) is 19.1 Å². The van der Waals surface area contributed by atoms with E-state index in [0.717, 1.165) is 15.6 Å². The van der Waals surface area contributed by atoms with Crippen LogP contribution in [0.15, 0.2) is 36.8 Å². The van der Waals surface area contributed by atoms with Gasteiger partial charge in [0.05, 0.1) is 25.2 Å². The van der Waals surface area contributed by atoms with E-state index < -0.39 is 60.3 Å². The molecule has 1 aliphatic heterocycles. The van der Waals surface area contributed by atoms with Gasteiger partial charge in [0.25, 0.3) is 0 Å². The lowest BCUT2D eigenvalue weighted by Gasteiger charge is -2.41. The molecule has 3 N–H and O–H groups in total. The van der Waals surface area contributed by atoms with Gasteiger partial charge in [-0.25, -0.2) is 36.7 Å². The van der Waals surface area contributed by atoms with Crippen molar-refractivity contribution < 1.29 is 37.6 Å². The van der Waals surface area contributed by atoms with Crippen molar-refractivity contribution in [1.82, 2.24) is 44.4 Å². The molecule has 5 aromatic rings. The first-order chi connectivity index (χ1) is 19.2. The zero-order valence-electron chi connectivity index (χ0n) is 20.3. The third kappa shape index (κ3) is 4.19. The highest BCUT2D eigenvalue weighted by atomic mass is 19.2. The van der Waals surface area contributed by atoms with E-state index >= 15 is 4.39 Å². The summed E-state index contributed by atoms with van der Waals surface area (Å²) < 4.78 is 65.0. The van der Waals surface area contributed by atoms with E-state index in [1.165, 1.54) is 29.9 Å². The fourth-order valence-corrected chi connectivity index (χ4v) is 4.63. The Morgan fingerprint density at radius 2 is 1.75 bits per heavy atom. The van der Waals surface area contributed by atoms with Crippen LogP contribution in [0.25, 0.3) is 22.7 Å². The molecular weight excluding hydrogens is 542 g/mol. The Balaban J connectivity index is 1.40. The molecule has 1 saturated heterocycles. The Kier molecular flexibility index (Phi) is 6.29. The summed E-state index contributed by atoms with van der Waals surface area (Å²) in [6.45, 7) is 0.823. The molecule has 0 bridgehead atoms. The normalized spacial score (nSPS) is 23.2. The lowest BCUT2D eigenvalue weighted by molar-refractivity contribution is -0.210. The molecule has 208 valence electrons. The summed E-state index contributed by atoms with van der Waals surface area (Å²) in [6.07, 6.45) is -2.20. The van der Waals surface area contributed by atoms with Gasteiger partial charge in [-0.15, -0.1) is 10.2 Å². The zero-order valence-corrected chi connectivity index (χ0v) is 20.3. The van der Waals surface area contributed by atoms with Crippen molar-refractivity contribution in [2.75, 3.05) is 6.61 Å². The van der Waals surface area contributed by atoms with Crippen LogP contribution in [0.4, 0.5) is 17.6 Å². The van der Waals surface area contributed by atoms with Gasteiger partial charge in [0.15, 0.2) is 40.6 Å². The Hall–Kier alpha value is -4.32. The minimum absolute atomic E-state index is 0.0971. The van der Waals surface area contributed by atoms with Crippen LogP contribution in [0, 0.1) is 30.2 Å². The van der Waals surface area contributed by atoms with Crippen LogP contribution in [-0.2, 0) is 4.74 Å². The van der Waals surface area contributed by atoms with E-state index in [1.54, 1.807) is 0 Å². The second kappa shape index (κ2) is 9.70. The van der Waals surface area contributed by atoms with Gasteiger partial charge in [-0.2, -0.15) is 9.78 Å². The fraction of sp³-hybridized carbons (Fsp3) is 0.304. The smallest absolute Gasteiger partial charge is 0.195 e. The first kappa shape index (κ1) is 25.9. The minimum atomic E-state index is -1.65. The summed E-state index contributed by atoms with van der Waals surface area (Å²) in [4.78, 5) is 8.50. The van der Waals surface area contributed by atoms with Crippen LogP contribution >= 0.6 is 0 Å². The number of benzene rings is 1. The number of aryl methyl sites for hydroxylation is 1. The molecule has 4 aromatic heterocycles. The highest BCUT2D eigenvalue weighted by Crippen LogP contribution is 2.38. The summed E-state index contributed by atoms with van der Waals surface area (Å²) in [6, 6.07) is 1.63. The van der Waals surface area contributed by atoms with Crippen LogP contribution in [0.5, 0.6) is 0 Å². The van der Waals surface area contributed by atoms with Gasteiger partial charge in [-0.3, -0.25) is 0 Å². The number of aliphatic hydroxyl groups excluding tert-OH is 3. The number of fused-ring (bicyclic) bond motifs is 1. The topological polar surface area (TPSA) is 162 Å². The second-order valence-electron chi connectivity index (χ2n) is 9.06. The van der Waals surface area contributed by atoms with Gasteiger partial charge in [-0.1, -0.05) is 5.21 Å². The van der Waals surface area contributed by atoms with E-state index in [-0.39, 0.29) is 28.7 Å². The molecule has 17 heteroatoms. The SMILES string of the molecule is Cc1nc([C@@H]2O[C@H](CO)[C@H](O)[C@H](n3cc(-c4cc(F)c(F)c(F)c4)nn3)[C@H]2O)n(-c2nc3ccnn3cc2F)n1.